The van der Waals surface area contributed by atoms with Crippen molar-refractivity contribution < 1.29 is 47.5 Å². The number of nitrogens with zero attached hydrogens (tertiary/aromatic N) is 1. The number of imide groups is 1. The van der Waals surface area contributed by atoms with E-state index in [9.17, 15) is 9.59 Å². The largest absolute Gasteiger partial charge is 0.379 e. The van der Waals surface area contributed by atoms with Gasteiger partial charge in [0.25, 0.3) is 11.8 Å². The lowest BCUT2D eigenvalue weighted by atomic mass is 10.1. The molecule has 1 aliphatic heterocycles. The number of carbonyl (C=O) groups is 2. The summed E-state index contributed by atoms with van der Waals surface area (Å²) in [6, 6.07) is 6.82. The summed E-state index contributed by atoms with van der Waals surface area (Å²) in [5.74, 6) is -0.545. The Labute approximate surface area is 219 Å². The third-order valence-corrected chi connectivity index (χ3v) is 5.15. The van der Waals surface area contributed by atoms with Crippen molar-refractivity contribution in [3.63, 3.8) is 0 Å². The molecule has 1 aromatic rings. The average Bonchev–Trinajstić information content (AvgIpc) is 3.16. The van der Waals surface area contributed by atoms with Crippen molar-refractivity contribution in [1.82, 2.24) is 4.90 Å². The third kappa shape index (κ3) is 13.4. The summed E-state index contributed by atoms with van der Waals surface area (Å²) in [6.45, 7) is 10.1. The van der Waals surface area contributed by atoms with E-state index in [1.807, 2.05) is 6.92 Å². The highest BCUT2D eigenvalue weighted by atomic mass is 16.6. The third-order valence-electron chi connectivity index (χ3n) is 5.15. The summed E-state index contributed by atoms with van der Waals surface area (Å²) in [7, 11) is 0. The number of ether oxygens (including phenoxy) is 8. The van der Waals surface area contributed by atoms with Crippen LogP contribution in [0.5, 0.6) is 0 Å². The Kier molecular flexibility index (Phi) is 17.8. The molecule has 11 nitrogen and oxygen atoms in total. The number of hydrogen-bond donors (Lipinski definition) is 0. The highest BCUT2D eigenvalue weighted by Gasteiger charge is 2.34. The topological polar surface area (TPSA) is 111 Å². The van der Waals surface area contributed by atoms with Gasteiger partial charge >= 0.3 is 0 Å². The normalized spacial score (nSPS) is 13.1. The fourth-order valence-corrected chi connectivity index (χ4v) is 3.28. The van der Waals surface area contributed by atoms with Gasteiger partial charge in [0.2, 0.25) is 0 Å². The lowest BCUT2D eigenvalue weighted by Crippen LogP contribution is -2.33. The lowest BCUT2D eigenvalue weighted by Gasteiger charge is -2.13. The Morgan fingerprint density at radius 2 is 0.784 bits per heavy atom. The molecule has 1 heterocycles. The van der Waals surface area contributed by atoms with E-state index in [1.54, 1.807) is 24.3 Å². The predicted octanol–water partition coefficient (Wildman–Crippen LogP) is 1.44. The predicted molar refractivity (Wildman–Crippen MR) is 134 cm³/mol. The smallest absolute Gasteiger partial charge is 0.261 e. The molecule has 0 saturated heterocycles. The van der Waals surface area contributed by atoms with Crippen molar-refractivity contribution in [2.24, 2.45) is 0 Å². The van der Waals surface area contributed by atoms with Crippen LogP contribution in [0.15, 0.2) is 24.3 Å². The van der Waals surface area contributed by atoms with Crippen molar-refractivity contribution in [2.75, 3.05) is 112 Å². The summed E-state index contributed by atoms with van der Waals surface area (Å²) in [6.07, 6.45) is 0. The van der Waals surface area contributed by atoms with Crippen molar-refractivity contribution in [1.29, 1.82) is 0 Å². The van der Waals surface area contributed by atoms with Crippen LogP contribution in [-0.4, -0.2) is 129 Å². The molecule has 0 aromatic heterocycles. The number of rotatable bonds is 25. The molecular formula is C26H41NO10. The van der Waals surface area contributed by atoms with E-state index in [2.05, 4.69) is 0 Å². The van der Waals surface area contributed by atoms with E-state index in [-0.39, 0.29) is 25.0 Å². The van der Waals surface area contributed by atoms with Crippen LogP contribution in [0.25, 0.3) is 0 Å². The summed E-state index contributed by atoms with van der Waals surface area (Å²) >= 11 is 0. The van der Waals surface area contributed by atoms with Gasteiger partial charge in [-0.3, -0.25) is 14.5 Å². The van der Waals surface area contributed by atoms with Crippen LogP contribution in [0, 0.1) is 0 Å². The monoisotopic (exact) mass is 527 g/mol. The van der Waals surface area contributed by atoms with E-state index in [0.29, 0.717) is 110 Å². The molecule has 1 aromatic carbocycles. The molecule has 0 bridgehead atoms. The molecule has 0 fully saturated rings. The number of fused-ring (bicyclic) bond motifs is 1. The summed E-state index contributed by atoms with van der Waals surface area (Å²) < 4.78 is 43.1. The average molecular weight is 528 g/mol. The first-order valence-corrected chi connectivity index (χ1v) is 12.8. The second-order valence-electron chi connectivity index (χ2n) is 7.79. The summed E-state index contributed by atoms with van der Waals surface area (Å²) in [5.41, 5.74) is 0.893. The fourth-order valence-electron chi connectivity index (χ4n) is 3.28. The van der Waals surface area contributed by atoms with Gasteiger partial charge in [-0.15, -0.1) is 0 Å². The van der Waals surface area contributed by atoms with Crippen LogP contribution in [0.2, 0.25) is 0 Å². The second-order valence-corrected chi connectivity index (χ2v) is 7.79. The number of hydrogen-bond acceptors (Lipinski definition) is 10. The van der Waals surface area contributed by atoms with E-state index in [4.69, 9.17) is 37.9 Å². The van der Waals surface area contributed by atoms with Crippen LogP contribution in [0.3, 0.4) is 0 Å². The van der Waals surface area contributed by atoms with Crippen LogP contribution >= 0.6 is 0 Å². The number of carbonyl (C=O) groups excluding carboxylic acids is 2. The van der Waals surface area contributed by atoms with Crippen molar-refractivity contribution in [2.45, 2.75) is 6.92 Å². The van der Waals surface area contributed by atoms with Crippen molar-refractivity contribution in [3.05, 3.63) is 35.4 Å². The van der Waals surface area contributed by atoms with E-state index < -0.39 is 0 Å². The van der Waals surface area contributed by atoms with Gasteiger partial charge in [0.1, 0.15) is 0 Å². The summed E-state index contributed by atoms with van der Waals surface area (Å²) in [4.78, 5) is 25.7. The molecule has 0 aliphatic carbocycles. The maximum Gasteiger partial charge on any atom is 0.261 e. The Hall–Kier alpha value is -1.96. The van der Waals surface area contributed by atoms with Crippen LogP contribution in [0.4, 0.5) is 0 Å². The van der Waals surface area contributed by atoms with Gasteiger partial charge in [-0.25, -0.2) is 0 Å². The maximum atomic E-state index is 12.3. The molecule has 0 atom stereocenters. The molecule has 210 valence electrons. The number of amides is 2. The Balaban J connectivity index is 1.25. The quantitative estimate of drug-likeness (QED) is 0.137. The molecule has 2 rings (SSSR count). The Morgan fingerprint density at radius 3 is 1.11 bits per heavy atom. The molecule has 37 heavy (non-hydrogen) atoms. The molecule has 0 spiro atoms. The van der Waals surface area contributed by atoms with Gasteiger partial charge in [-0.1, -0.05) is 12.1 Å². The van der Waals surface area contributed by atoms with Gasteiger partial charge in [0, 0.05) is 6.61 Å². The minimum absolute atomic E-state index is 0.222. The van der Waals surface area contributed by atoms with Gasteiger partial charge in [-0.2, -0.15) is 0 Å². The van der Waals surface area contributed by atoms with Gasteiger partial charge in [0.05, 0.1) is 117 Å². The molecule has 0 saturated carbocycles. The minimum atomic E-state index is -0.273. The Bertz CT molecular complexity index is 713. The zero-order valence-electron chi connectivity index (χ0n) is 21.9. The minimum Gasteiger partial charge on any atom is -0.379 e. The van der Waals surface area contributed by atoms with Crippen LogP contribution < -0.4 is 0 Å². The van der Waals surface area contributed by atoms with E-state index >= 15 is 0 Å². The van der Waals surface area contributed by atoms with Gasteiger partial charge < -0.3 is 37.9 Å². The molecule has 0 N–H and O–H groups in total. The van der Waals surface area contributed by atoms with Gasteiger partial charge in [0.15, 0.2) is 0 Å². The molecule has 0 unspecified atom stereocenters. The summed E-state index contributed by atoms with van der Waals surface area (Å²) in [5, 5.41) is 0. The Morgan fingerprint density at radius 1 is 0.486 bits per heavy atom. The number of benzene rings is 1. The molecule has 2 amide bonds. The van der Waals surface area contributed by atoms with Crippen LogP contribution in [0.1, 0.15) is 27.6 Å². The van der Waals surface area contributed by atoms with E-state index in [0.717, 1.165) is 0 Å². The molecule has 0 radical (unpaired) electrons. The zero-order chi connectivity index (χ0) is 26.4. The van der Waals surface area contributed by atoms with Crippen molar-refractivity contribution >= 4 is 11.8 Å². The lowest BCUT2D eigenvalue weighted by molar-refractivity contribution is -0.0230. The van der Waals surface area contributed by atoms with Crippen molar-refractivity contribution in [3.8, 4) is 0 Å². The molecular weight excluding hydrogens is 486 g/mol. The second kappa shape index (κ2) is 21.0. The SMILES string of the molecule is CCOCCOCCOCCOCCOCCOCCOCCOCCN1C(=O)c2ccccc2C1=O. The highest BCUT2D eigenvalue weighted by Crippen LogP contribution is 2.21. The van der Waals surface area contributed by atoms with Crippen LogP contribution in [-0.2, 0) is 37.9 Å². The highest BCUT2D eigenvalue weighted by molar-refractivity contribution is 6.21. The zero-order valence-corrected chi connectivity index (χ0v) is 21.9. The van der Waals surface area contributed by atoms with E-state index in [1.165, 1.54) is 4.90 Å². The van der Waals surface area contributed by atoms with Gasteiger partial charge in [-0.05, 0) is 19.1 Å². The standard InChI is InChI=1S/C26H41NO10/c1-2-30-9-10-32-13-14-34-17-18-36-21-22-37-20-19-35-16-15-33-12-11-31-8-7-27-25(28)23-5-3-4-6-24(23)26(27)29/h3-6H,2,7-22H2,1H3. The first-order valence-electron chi connectivity index (χ1n) is 12.8. The fraction of sp³-hybridized carbons (Fsp3) is 0.692. The first-order chi connectivity index (χ1) is 18.3. The molecule has 1 aliphatic rings. The maximum absolute atomic E-state index is 12.3. The first kappa shape index (κ1) is 31.3. The molecule has 11 heteroatoms.